The Morgan fingerprint density at radius 2 is 1.65 bits per heavy atom. The van der Waals surface area contributed by atoms with Crippen LogP contribution in [0.1, 0.15) is 15.9 Å². The number of carbonyl (C=O) groups is 1. The van der Waals surface area contributed by atoms with Gasteiger partial charge in [-0.3, -0.25) is 4.79 Å². The molecule has 0 unspecified atom stereocenters. The molecule has 0 aliphatic carbocycles. The average molecular weight is 316 g/mol. The van der Waals surface area contributed by atoms with Gasteiger partial charge in [0.15, 0.2) is 17.3 Å². The van der Waals surface area contributed by atoms with Crippen molar-refractivity contribution in [2.45, 2.75) is 0 Å². The van der Waals surface area contributed by atoms with E-state index in [1.807, 2.05) is 0 Å². The predicted octanol–water partition coefficient (Wildman–Crippen LogP) is 3.75. The molecule has 0 fully saturated rings. The smallest absolute Gasteiger partial charge is 0.203 e. The first-order chi connectivity index (χ1) is 11.1. The summed E-state index contributed by atoms with van der Waals surface area (Å²) < 4.78 is 28.9. The van der Waals surface area contributed by atoms with Gasteiger partial charge < -0.3 is 14.2 Å². The molecular formula is C18H17FO4. The Labute approximate surface area is 134 Å². The quantitative estimate of drug-likeness (QED) is 0.601. The van der Waals surface area contributed by atoms with Crippen LogP contribution in [0, 0.1) is 5.82 Å². The Bertz CT molecular complexity index is 713. The topological polar surface area (TPSA) is 44.8 Å². The van der Waals surface area contributed by atoms with E-state index in [0.29, 0.717) is 22.8 Å². The van der Waals surface area contributed by atoms with Crippen LogP contribution in [0.5, 0.6) is 17.2 Å². The van der Waals surface area contributed by atoms with Gasteiger partial charge in [-0.15, -0.1) is 0 Å². The van der Waals surface area contributed by atoms with Crippen molar-refractivity contribution < 1.29 is 23.4 Å². The molecule has 0 aromatic heterocycles. The summed E-state index contributed by atoms with van der Waals surface area (Å²) in [4.78, 5) is 12.1. The van der Waals surface area contributed by atoms with E-state index in [1.54, 1.807) is 24.3 Å². The first kappa shape index (κ1) is 16.5. The summed E-state index contributed by atoms with van der Waals surface area (Å²) in [6.45, 7) is 0. The second kappa shape index (κ2) is 7.45. The molecule has 2 aromatic rings. The Morgan fingerprint density at radius 3 is 2.17 bits per heavy atom. The number of methoxy groups -OCH3 is 3. The molecule has 0 saturated carbocycles. The maximum absolute atomic E-state index is 13.1. The molecule has 2 rings (SSSR count). The Balaban J connectivity index is 2.30. The summed E-state index contributed by atoms with van der Waals surface area (Å²) in [6, 6.07) is 8.98. The third-order valence-electron chi connectivity index (χ3n) is 3.22. The van der Waals surface area contributed by atoms with Crippen LogP contribution >= 0.6 is 0 Å². The van der Waals surface area contributed by atoms with E-state index in [-0.39, 0.29) is 11.3 Å². The van der Waals surface area contributed by atoms with Crippen molar-refractivity contribution >= 4 is 11.9 Å². The Kier molecular flexibility index (Phi) is 5.36. The van der Waals surface area contributed by atoms with E-state index in [0.717, 1.165) is 0 Å². The molecule has 0 atom stereocenters. The van der Waals surface area contributed by atoms with E-state index >= 15 is 0 Å². The van der Waals surface area contributed by atoms with Crippen molar-refractivity contribution in [1.82, 2.24) is 0 Å². The monoisotopic (exact) mass is 316 g/mol. The summed E-state index contributed by atoms with van der Waals surface area (Å²) in [7, 11) is 4.55. The fraction of sp³-hybridized carbons (Fsp3) is 0.167. The zero-order valence-electron chi connectivity index (χ0n) is 13.1. The first-order valence-electron chi connectivity index (χ1n) is 6.87. The fourth-order valence-corrected chi connectivity index (χ4v) is 2.11. The van der Waals surface area contributed by atoms with E-state index in [4.69, 9.17) is 14.2 Å². The van der Waals surface area contributed by atoms with Gasteiger partial charge in [-0.2, -0.15) is 0 Å². The minimum atomic E-state index is -0.447. The standard InChI is InChI=1S/C18H17FO4/c1-21-16-9-12(10-17(22-2)18(16)23-3)7-8-15(20)13-5-4-6-14(19)11-13/h4-11H,1-3H3/b8-7+. The van der Waals surface area contributed by atoms with Gasteiger partial charge in [-0.25, -0.2) is 4.39 Å². The molecular weight excluding hydrogens is 299 g/mol. The van der Waals surface area contributed by atoms with Gasteiger partial charge in [0, 0.05) is 5.56 Å². The lowest BCUT2D eigenvalue weighted by atomic mass is 10.1. The highest BCUT2D eigenvalue weighted by Gasteiger charge is 2.12. The van der Waals surface area contributed by atoms with Crippen LogP contribution in [-0.4, -0.2) is 27.1 Å². The second-order valence-electron chi connectivity index (χ2n) is 4.67. The zero-order valence-corrected chi connectivity index (χ0v) is 13.1. The van der Waals surface area contributed by atoms with Gasteiger partial charge >= 0.3 is 0 Å². The van der Waals surface area contributed by atoms with Crippen molar-refractivity contribution in [3.05, 3.63) is 59.4 Å². The van der Waals surface area contributed by atoms with E-state index in [9.17, 15) is 9.18 Å². The number of allylic oxidation sites excluding steroid dienone is 1. The number of carbonyl (C=O) groups excluding carboxylic acids is 1. The largest absolute Gasteiger partial charge is 0.493 e. The zero-order chi connectivity index (χ0) is 16.8. The van der Waals surface area contributed by atoms with Crippen molar-refractivity contribution in [2.75, 3.05) is 21.3 Å². The maximum Gasteiger partial charge on any atom is 0.203 e. The molecule has 0 heterocycles. The number of ketones is 1. The van der Waals surface area contributed by atoms with Gasteiger partial charge in [0.2, 0.25) is 5.75 Å². The van der Waals surface area contributed by atoms with Crippen molar-refractivity contribution in [1.29, 1.82) is 0 Å². The summed E-state index contributed by atoms with van der Waals surface area (Å²) in [5.41, 5.74) is 0.984. The molecule has 0 spiro atoms. The van der Waals surface area contributed by atoms with Crippen molar-refractivity contribution in [2.24, 2.45) is 0 Å². The summed E-state index contributed by atoms with van der Waals surface area (Å²) >= 11 is 0. The van der Waals surface area contributed by atoms with E-state index in [2.05, 4.69) is 0 Å². The lowest BCUT2D eigenvalue weighted by molar-refractivity contribution is 0.104. The number of rotatable bonds is 6. The molecule has 2 aromatic carbocycles. The minimum absolute atomic E-state index is 0.286. The molecule has 0 N–H and O–H groups in total. The fourth-order valence-electron chi connectivity index (χ4n) is 2.11. The number of halogens is 1. The Hall–Kier alpha value is -2.82. The minimum Gasteiger partial charge on any atom is -0.493 e. The second-order valence-corrected chi connectivity index (χ2v) is 4.67. The van der Waals surface area contributed by atoms with Crippen LogP contribution in [-0.2, 0) is 0 Å². The van der Waals surface area contributed by atoms with Gasteiger partial charge in [0.1, 0.15) is 5.82 Å². The maximum atomic E-state index is 13.1. The van der Waals surface area contributed by atoms with Crippen molar-refractivity contribution in [3.8, 4) is 17.2 Å². The summed E-state index contributed by atoms with van der Waals surface area (Å²) in [5, 5.41) is 0. The summed E-state index contributed by atoms with van der Waals surface area (Å²) in [6.07, 6.45) is 2.98. The van der Waals surface area contributed by atoms with Crippen LogP contribution in [0.3, 0.4) is 0 Å². The van der Waals surface area contributed by atoms with Crippen LogP contribution in [0.2, 0.25) is 0 Å². The molecule has 0 bridgehead atoms. The number of hydrogen-bond donors (Lipinski definition) is 0. The van der Waals surface area contributed by atoms with Crippen LogP contribution in [0.4, 0.5) is 4.39 Å². The van der Waals surface area contributed by atoms with Crippen molar-refractivity contribution in [3.63, 3.8) is 0 Å². The first-order valence-corrected chi connectivity index (χ1v) is 6.87. The highest BCUT2D eigenvalue weighted by molar-refractivity contribution is 6.06. The van der Waals surface area contributed by atoms with Gasteiger partial charge in [-0.1, -0.05) is 18.2 Å². The molecule has 0 amide bonds. The highest BCUT2D eigenvalue weighted by Crippen LogP contribution is 2.38. The lowest BCUT2D eigenvalue weighted by Gasteiger charge is -2.12. The van der Waals surface area contributed by atoms with E-state index in [1.165, 1.54) is 45.6 Å². The molecule has 0 saturated heterocycles. The molecule has 0 aliphatic rings. The molecule has 4 nitrogen and oxygen atoms in total. The van der Waals surface area contributed by atoms with Gasteiger partial charge in [0.25, 0.3) is 0 Å². The molecule has 120 valence electrons. The highest BCUT2D eigenvalue weighted by atomic mass is 19.1. The molecule has 23 heavy (non-hydrogen) atoms. The molecule has 0 aliphatic heterocycles. The third-order valence-corrected chi connectivity index (χ3v) is 3.22. The Morgan fingerprint density at radius 1 is 1.00 bits per heavy atom. The number of benzene rings is 2. The average Bonchev–Trinajstić information content (AvgIpc) is 2.58. The van der Waals surface area contributed by atoms with Gasteiger partial charge in [-0.05, 0) is 35.9 Å². The number of ether oxygens (including phenoxy) is 3. The molecule has 0 radical (unpaired) electrons. The van der Waals surface area contributed by atoms with Gasteiger partial charge in [0.05, 0.1) is 21.3 Å². The molecule has 5 heteroatoms. The summed E-state index contributed by atoms with van der Waals surface area (Å²) in [5.74, 6) is 0.716. The van der Waals surface area contributed by atoms with Crippen LogP contribution in [0.15, 0.2) is 42.5 Å². The lowest BCUT2D eigenvalue weighted by Crippen LogP contribution is -1.96. The predicted molar refractivity (Wildman–Crippen MR) is 85.9 cm³/mol. The van der Waals surface area contributed by atoms with Crippen LogP contribution in [0.25, 0.3) is 6.08 Å². The normalized spacial score (nSPS) is 10.6. The number of hydrogen-bond acceptors (Lipinski definition) is 4. The van der Waals surface area contributed by atoms with E-state index < -0.39 is 5.82 Å². The SMILES string of the molecule is COc1cc(/C=C/C(=O)c2cccc(F)c2)cc(OC)c1OC. The third kappa shape index (κ3) is 3.88. The van der Waals surface area contributed by atoms with Crippen LogP contribution < -0.4 is 14.2 Å².